The molecule has 5 aromatic rings. The fourth-order valence-corrected chi connectivity index (χ4v) is 13.3. The van der Waals surface area contributed by atoms with E-state index in [9.17, 15) is 19.2 Å². The van der Waals surface area contributed by atoms with Crippen molar-refractivity contribution < 1.29 is 28.4 Å². The maximum Gasteiger partial charge on any atom is 0.238 e. The van der Waals surface area contributed by atoms with Gasteiger partial charge in [-0.1, -0.05) is 36.8 Å². The van der Waals surface area contributed by atoms with Crippen molar-refractivity contribution in [3.63, 3.8) is 0 Å². The lowest BCUT2D eigenvalue weighted by atomic mass is 9.73. The summed E-state index contributed by atoms with van der Waals surface area (Å²) >= 11 is 0. The first kappa shape index (κ1) is 48.2. The highest BCUT2D eigenvalue weighted by Gasteiger charge is 2.56. The number of imide groups is 1. The molecule has 6 fully saturated rings. The standard InChI is InChI=1S/C57H66FN11O5/c1-35(2)68-34-60-47-31-46(62-52(51(47)68)61-45-9-5-4-8-44(45)58)37-10-13-43-48(28-37)69(41-29-40(30-41)64-21-6-3-7-22-64)56(74)57(43)19-26-66(27-20-57)54(72)36-16-23-65(24-17-36)55(73)39-18-25-67(33-39)49-14-11-38(32-59-49)42-12-15-50(70)63-53(42)71/h4-5,8-11,13-14,28,31-32,34-36,39-42H,3,6-7,12,15-27,29-30,33H2,1-2H3,(H,61,62)(H,63,70,71)/t39-,40?,41?,42+/m0/s1. The molecule has 6 aliphatic heterocycles. The monoisotopic (exact) mass is 1000 g/mol. The van der Waals surface area contributed by atoms with Crippen molar-refractivity contribution in [2.24, 2.45) is 11.8 Å². The van der Waals surface area contributed by atoms with E-state index in [-0.39, 0.29) is 59.3 Å². The third-order valence-corrected chi connectivity index (χ3v) is 17.7. The average molecular weight is 1000 g/mol. The number of pyridine rings is 2. The highest BCUT2D eigenvalue weighted by atomic mass is 19.1. The van der Waals surface area contributed by atoms with E-state index in [4.69, 9.17) is 9.97 Å². The number of benzene rings is 2. The summed E-state index contributed by atoms with van der Waals surface area (Å²) in [6.45, 7) is 9.70. The van der Waals surface area contributed by atoms with E-state index in [2.05, 4.69) is 62.4 Å². The molecule has 2 atom stereocenters. The third-order valence-electron chi connectivity index (χ3n) is 17.7. The maximum atomic E-state index is 15.3. The second-order valence-corrected chi connectivity index (χ2v) is 22.2. The molecule has 12 rings (SSSR count). The first-order valence-corrected chi connectivity index (χ1v) is 27.2. The van der Waals surface area contributed by atoms with Gasteiger partial charge in [-0.25, -0.2) is 19.3 Å². The predicted molar refractivity (Wildman–Crippen MR) is 279 cm³/mol. The van der Waals surface area contributed by atoms with Crippen molar-refractivity contribution in [3.05, 3.63) is 90.1 Å². The second-order valence-electron chi connectivity index (χ2n) is 22.2. The van der Waals surface area contributed by atoms with Crippen LogP contribution in [0.15, 0.2) is 73.2 Å². The highest BCUT2D eigenvalue weighted by Crippen LogP contribution is 2.52. The summed E-state index contributed by atoms with van der Waals surface area (Å²) in [5.41, 5.74) is 5.34. The van der Waals surface area contributed by atoms with Gasteiger partial charge in [0.05, 0.1) is 40.5 Å². The van der Waals surface area contributed by atoms with Crippen LogP contribution in [0.2, 0.25) is 0 Å². The Morgan fingerprint density at radius 1 is 0.797 bits per heavy atom. The minimum Gasteiger partial charge on any atom is -0.356 e. The van der Waals surface area contributed by atoms with Crippen LogP contribution >= 0.6 is 0 Å². The quantitative estimate of drug-likeness (QED) is 0.133. The number of fused-ring (bicyclic) bond motifs is 3. The van der Waals surface area contributed by atoms with Crippen molar-refractivity contribution in [1.82, 2.24) is 39.5 Å². The number of carbonyl (C=O) groups is 5. The van der Waals surface area contributed by atoms with Crippen molar-refractivity contribution in [2.45, 2.75) is 120 Å². The number of hydrogen-bond acceptors (Lipinski definition) is 11. The highest BCUT2D eigenvalue weighted by molar-refractivity contribution is 6.09. The number of amides is 5. The van der Waals surface area contributed by atoms with E-state index in [1.807, 2.05) is 32.6 Å². The van der Waals surface area contributed by atoms with E-state index >= 15 is 9.18 Å². The number of anilines is 4. The van der Waals surface area contributed by atoms with Crippen molar-refractivity contribution in [2.75, 3.05) is 67.5 Å². The molecule has 1 saturated carbocycles. The van der Waals surface area contributed by atoms with Crippen LogP contribution in [0.4, 0.5) is 27.4 Å². The van der Waals surface area contributed by atoms with Crippen molar-refractivity contribution in [3.8, 4) is 11.3 Å². The van der Waals surface area contributed by atoms with Gasteiger partial charge in [-0.2, -0.15) is 0 Å². The molecule has 74 heavy (non-hydrogen) atoms. The topological polar surface area (TPSA) is 169 Å². The minimum absolute atomic E-state index is 0.0770. The van der Waals surface area contributed by atoms with E-state index in [1.54, 1.807) is 30.7 Å². The zero-order valence-corrected chi connectivity index (χ0v) is 42.5. The minimum atomic E-state index is -0.748. The zero-order valence-electron chi connectivity index (χ0n) is 42.5. The number of hydrogen-bond donors (Lipinski definition) is 2. The number of halogens is 1. The van der Waals surface area contributed by atoms with Crippen LogP contribution in [0.1, 0.15) is 114 Å². The Balaban J connectivity index is 0.726. The Kier molecular flexibility index (Phi) is 12.7. The van der Waals surface area contributed by atoms with Crippen LogP contribution in [0.3, 0.4) is 0 Å². The van der Waals surface area contributed by atoms with Crippen molar-refractivity contribution in [1.29, 1.82) is 0 Å². The molecule has 1 aliphatic carbocycles. The molecule has 2 N–H and O–H groups in total. The first-order valence-electron chi connectivity index (χ1n) is 27.2. The van der Waals surface area contributed by atoms with Crippen LogP contribution in [-0.4, -0.2) is 128 Å². The SMILES string of the molecule is CC(C)n1cnc2cc(-c3ccc4c(c3)N(C3CC(N5CCCCC5)C3)C(=O)C43CCN(C(=O)C4CCN(C(=O)[C@H]5CCN(c6ccc([C@H]7CCC(=O)NC7=O)cn6)C5)CC4)CC3)nc(Nc3ccccc3F)c21. The molecule has 9 heterocycles. The number of nitrogens with one attached hydrogen (secondary N) is 2. The molecule has 1 spiro atoms. The summed E-state index contributed by atoms with van der Waals surface area (Å²) in [4.78, 5) is 92.8. The van der Waals surface area contributed by atoms with E-state index in [0.717, 1.165) is 71.6 Å². The summed E-state index contributed by atoms with van der Waals surface area (Å²) < 4.78 is 17.1. The molecule has 2 aromatic carbocycles. The number of aromatic nitrogens is 4. The van der Waals surface area contributed by atoms with Crippen molar-refractivity contribution >= 4 is 63.6 Å². The molecule has 0 radical (unpaired) electrons. The molecule has 0 bridgehead atoms. The Labute approximate surface area is 431 Å². The maximum absolute atomic E-state index is 15.3. The van der Waals surface area contributed by atoms with Gasteiger partial charge in [0.2, 0.25) is 29.5 Å². The molecular formula is C57H66FN11O5. The number of likely N-dealkylation sites (tertiary alicyclic amines) is 3. The third kappa shape index (κ3) is 8.67. The Hall–Kier alpha value is -6.75. The number of piperidine rings is 4. The van der Waals surface area contributed by atoms with E-state index in [0.29, 0.717) is 101 Å². The van der Waals surface area contributed by atoms with Crippen LogP contribution in [0.25, 0.3) is 22.3 Å². The van der Waals surface area contributed by atoms with Gasteiger partial charge in [0, 0.05) is 87.2 Å². The fraction of sp³-hybridized carbons (Fsp3) is 0.509. The molecule has 7 aliphatic rings. The summed E-state index contributed by atoms with van der Waals surface area (Å²) in [5.74, 6) is 0.000615. The molecule has 5 amide bonds. The Morgan fingerprint density at radius 2 is 1.54 bits per heavy atom. The van der Waals surface area contributed by atoms with Gasteiger partial charge in [0.25, 0.3) is 0 Å². The lowest BCUT2D eigenvalue weighted by molar-refractivity contribution is -0.144. The largest absolute Gasteiger partial charge is 0.356 e. The smallest absolute Gasteiger partial charge is 0.238 e. The van der Waals surface area contributed by atoms with Gasteiger partial charge < -0.3 is 34.4 Å². The molecular weight excluding hydrogens is 938 g/mol. The molecule has 386 valence electrons. The van der Waals surface area contributed by atoms with Crippen LogP contribution in [0.5, 0.6) is 0 Å². The van der Waals surface area contributed by atoms with Crippen LogP contribution in [-0.2, 0) is 29.4 Å². The van der Waals surface area contributed by atoms with Gasteiger partial charge in [-0.15, -0.1) is 0 Å². The molecule has 3 aromatic heterocycles. The molecule has 0 unspecified atom stereocenters. The van der Waals surface area contributed by atoms with Gasteiger partial charge >= 0.3 is 0 Å². The molecule has 5 saturated heterocycles. The van der Waals surface area contributed by atoms with Gasteiger partial charge in [0.15, 0.2) is 5.82 Å². The molecule has 17 heteroatoms. The Morgan fingerprint density at radius 3 is 2.27 bits per heavy atom. The average Bonchev–Trinajstić information content (AvgIpc) is 4.14. The van der Waals surface area contributed by atoms with E-state index < -0.39 is 11.3 Å². The lowest BCUT2D eigenvalue weighted by Gasteiger charge is -2.48. The normalized spacial score (nSPS) is 24.5. The summed E-state index contributed by atoms with van der Waals surface area (Å²) in [7, 11) is 0. The fourth-order valence-electron chi connectivity index (χ4n) is 13.3. The lowest BCUT2D eigenvalue weighted by Crippen LogP contribution is -2.58. The second kappa shape index (κ2) is 19.5. The number of imidazole rings is 1. The molecule has 16 nitrogen and oxygen atoms in total. The first-order chi connectivity index (χ1) is 35.9. The number of carbonyl (C=O) groups excluding carboxylic acids is 5. The van der Waals surface area contributed by atoms with Crippen LogP contribution in [0, 0.1) is 17.7 Å². The summed E-state index contributed by atoms with van der Waals surface area (Å²) in [6, 6.07) is 19.3. The van der Waals surface area contributed by atoms with Gasteiger partial charge in [0.1, 0.15) is 17.2 Å². The van der Waals surface area contributed by atoms with E-state index in [1.165, 1.54) is 25.3 Å². The summed E-state index contributed by atoms with van der Waals surface area (Å²) in [5, 5.41) is 5.70. The number of nitrogens with zero attached hydrogens (tertiary/aromatic N) is 9. The summed E-state index contributed by atoms with van der Waals surface area (Å²) in [6.07, 6.45) is 12.9. The zero-order chi connectivity index (χ0) is 50.8. The predicted octanol–water partition coefficient (Wildman–Crippen LogP) is 7.47. The number of para-hydroxylation sites is 1. The van der Waals surface area contributed by atoms with Gasteiger partial charge in [-0.3, -0.25) is 29.3 Å². The van der Waals surface area contributed by atoms with Crippen LogP contribution < -0.4 is 20.4 Å². The number of rotatable bonds is 10. The Bertz CT molecular complexity index is 3000. The van der Waals surface area contributed by atoms with Gasteiger partial charge in [-0.05, 0) is 133 Å².